The molecule has 0 aromatic heterocycles. The molecule has 0 unspecified atom stereocenters. The Morgan fingerprint density at radius 3 is 2.40 bits per heavy atom. The van der Waals surface area contributed by atoms with Crippen LogP contribution in [0.1, 0.15) is 32.3 Å². The highest BCUT2D eigenvalue weighted by atomic mass is 15.1. The highest BCUT2D eigenvalue weighted by molar-refractivity contribution is 5.59. The van der Waals surface area contributed by atoms with E-state index in [9.17, 15) is 0 Å². The van der Waals surface area contributed by atoms with Crippen molar-refractivity contribution in [2.24, 2.45) is 0 Å². The third-order valence-corrected chi connectivity index (χ3v) is 2.89. The zero-order valence-electron chi connectivity index (χ0n) is 9.70. The fraction of sp³-hybridized carbons (Fsp3) is 0.462. The molecule has 0 aliphatic carbocycles. The minimum absolute atomic E-state index is 0.513. The van der Waals surface area contributed by atoms with Crippen molar-refractivity contribution >= 4 is 5.69 Å². The molecule has 0 bridgehead atoms. The molecule has 2 nitrogen and oxygen atoms in total. The molecule has 0 amide bonds. The summed E-state index contributed by atoms with van der Waals surface area (Å²) in [6, 6.07) is 10.5. The molecule has 0 N–H and O–H groups in total. The fourth-order valence-corrected chi connectivity index (χ4v) is 1.91. The Morgan fingerprint density at radius 1 is 1.27 bits per heavy atom. The lowest BCUT2D eigenvalue weighted by Crippen LogP contribution is -2.30. The van der Waals surface area contributed by atoms with Gasteiger partial charge in [0.25, 0.3) is 0 Å². The van der Waals surface area contributed by atoms with Crippen molar-refractivity contribution in [1.29, 1.82) is 5.26 Å². The third-order valence-electron chi connectivity index (χ3n) is 2.89. The summed E-state index contributed by atoms with van der Waals surface area (Å²) in [6.45, 7) is 4.36. The van der Waals surface area contributed by atoms with Crippen LogP contribution in [-0.4, -0.2) is 13.1 Å². The van der Waals surface area contributed by atoms with Crippen LogP contribution in [-0.2, 0) is 0 Å². The van der Waals surface area contributed by atoms with Gasteiger partial charge < -0.3 is 4.90 Å². The molecule has 0 aliphatic rings. The number of nitrogens with zero attached hydrogens (tertiary/aromatic N) is 2. The lowest BCUT2D eigenvalue weighted by Gasteiger charge is -2.29. The molecule has 0 radical (unpaired) electrons. The van der Waals surface area contributed by atoms with Gasteiger partial charge in [0, 0.05) is 13.1 Å². The molecule has 0 aliphatic heterocycles. The molecule has 15 heavy (non-hydrogen) atoms. The molecule has 80 valence electrons. The molecule has 0 heterocycles. The molecular weight excluding hydrogens is 184 g/mol. The Labute approximate surface area is 92.1 Å². The first-order chi connectivity index (χ1) is 7.24. The summed E-state index contributed by atoms with van der Waals surface area (Å²) in [5, 5.41) is 9.02. The molecule has 0 saturated heterocycles. The first kappa shape index (κ1) is 11.6. The normalized spacial score (nSPS) is 10.1. The number of rotatable bonds is 4. The average molecular weight is 202 g/mol. The van der Waals surface area contributed by atoms with Gasteiger partial charge in [-0.05, 0) is 25.0 Å². The van der Waals surface area contributed by atoms with E-state index in [2.05, 4.69) is 31.9 Å². The van der Waals surface area contributed by atoms with Crippen LogP contribution in [0.5, 0.6) is 0 Å². The van der Waals surface area contributed by atoms with Crippen molar-refractivity contribution < 1.29 is 0 Å². The number of hydrogen-bond acceptors (Lipinski definition) is 2. The minimum atomic E-state index is 0.513. The zero-order chi connectivity index (χ0) is 11.3. The smallest absolute Gasteiger partial charge is 0.101 e. The number of benzene rings is 1. The first-order valence-electron chi connectivity index (χ1n) is 5.46. The molecule has 0 fully saturated rings. The Bertz CT molecular complexity index is 348. The minimum Gasteiger partial charge on any atom is -0.371 e. The molecule has 0 atom stereocenters. The van der Waals surface area contributed by atoms with Gasteiger partial charge in [-0.1, -0.05) is 26.0 Å². The third kappa shape index (κ3) is 2.50. The molecule has 1 rings (SSSR count). The van der Waals surface area contributed by atoms with Crippen LogP contribution in [0.25, 0.3) is 0 Å². The second-order valence-electron chi connectivity index (χ2n) is 3.71. The Hall–Kier alpha value is -1.49. The summed E-state index contributed by atoms with van der Waals surface area (Å²) >= 11 is 0. The zero-order valence-corrected chi connectivity index (χ0v) is 9.70. The van der Waals surface area contributed by atoms with Gasteiger partial charge in [0.15, 0.2) is 0 Å². The molecule has 0 spiro atoms. The maximum Gasteiger partial charge on any atom is 0.101 e. The predicted molar refractivity (Wildman–Crippen MR) is 63.9 cm³/mol. The lowest BCUT2D eigenvalue weighted by atomic mass is 10.1. The van der Waals surface area contributed by atoms with E-state index >= 15 is 0 Å². The maximum atomic E-state index is 9.02. The standard InChI is InChI=1S/C13H18N2/c1-4-12(5-2)15(3)13-9-7-6-8-11(13)10-14/h6-9,12H,4-5H2,1-3H3. The molecule has 2 heteroatoms. The van der Waals surface area contributed by atoms with E-state index in [4.69, 9.17) is 5.26 Å². The van der Waals surface area contributed by atoms with E-state index in [1.165, 1.54) is 0 Å². The van der Waals surface area contributed by atoms with Crippen LogP contribution >= 0.6 is 0 Å². The Morgan fingerprint density at radius 2 is 1.87 bits per heavy atom. The van der Waals surface area contributed by atoms with Gasteiger partial charge in [0.2, 0.25) is 0 Å². The van der Waals surface area contributed by atoms with Crippen molar-refractivity contribution in [2.45, 2.75) is 32.7 Å². The topological polar surface area (TPSA) is 27.0 Å². The summed E-state index contributed by atoms with van der Waals surface area (Å²) in [5.74, 6) is 0. The number of hydrogen-bond donors (Lipinski definition) is 0. The van der Waals surface area contributed by atoms with E-state index in [0.717, 1.165) is 24.1 Å². The molecule has 0 saturated carbocycles. The average Bonchev–Trinajstić information content (AvgIpc) is 2.30. The summed E-state index contributed by atoms with van der Waals surface area (Å²) in [4.78, 5) is 2.21. The summed E-state index contributed by atoms with van der Waals surface area (Å²) in [6.07, 6.45) is 2.21. The highest BCUT2D eigenvalue weighted by Gasteiger charge is 2.13. The van der Waals surface area contributed by atoms with Crippen LogP contribution in [0.15, 0.2) is 24.3 Å². The fourth-order valence-electron chi connectivity index (χ4n) is 1.91. The van der Waals surface area contributed by atoms with Crippen LogP contribution in [0, 0.1) is 11.3 Å². The maximum absolute atomic E-state index is 9.02. The molecular formula is C13H18N2. The van der Waals surface area contributed by atoms with E-state index in [1.54, 1.807) is 0 Å². The summed E-state index contributed by atoms with van der Waals surface area (Å²) < 4.78 is 0. The SMILES string of the molecule is CCC(CC)N(C)c1ccccc1C#N. The lowest BCUT2D eigenvalue weighted by molar-refractivity contribution is 0.591. The Balaban J connectivity index is 3.00. The van der Waals surface area contributed by atoms with Gasteiger partial charge in [-0.15, -0.1) is 0 Å². The molecule has 1 aromatic rings. The van der Waals surface area contributed by atoms with Gasteiger partial charge in [-0.3, -0.25) is 0 Å². The first-order valence-corrected chi connectivity index (χ1v) is 5.46. The quantitative estimate of drug-likeness (QED) is 0.749. The van der Waals surface area contributed by atoms with Crippen LogP contribution < -0.4 is 4.90 Å². The van der Waals surface area contributed by atoms with Crippen molar-refractivity contribution in [3.8, 4) is 6.07 Å². The van der Waals surface area contributed by atoms with Crippen molar-refractivity contribution in [3.05, 3.63) is 29.8 Å². The largest absolute Gasteiger partial charge is 0.371 e. The van der Waals surface area contributed by atoms with Gasteiger partial charge in [-0.2, -0.15) is 5.26 Å². The summed E-state index contributed by atoms with van der Waals surface area (Å²) in [5.41, 5.74) is 1.79. The second-order valence-corrected chi connectivity index (χ2v) is 3.71. The van der Waals surface area contributed by atoms with E-state index in [1.807, 2.05) is 24.3 Å². The number of nitriles is 1. The highest BCUT2D eigenvalue weighted by Crippen LogP contribution is 2.22. The summed E-state index contributed by atoms with van der Waals surface area (Å²) in [7, 11) is 2.06. The van der Waals surface area contributed by atoms with E-state index in [-0.39, 0.29) is 0 Å². The van der Waals surface area contributed by atoms with Crippen molar-refractivity contribution in [2.75, 3.05) is 11.9 Å². The van der Waals surface area contributed by atoms with E-state index in [0.29, 0.717) is 6.04 Å². The predicted octanol–water partition coefficient (Wildman–Crippen LogP) is 3.18. The van der Waals surface area contributed by atoms with Gasteiger partial charge >= 0.3 is 0 Å². The number of anilines is 1. The van der Waals surface area contributed by atoms with Crippen molar-refractivity contribution in [1.82, 2.24) is 0 Å². The van der Waals surface area contributed by atoms with Crippen LogP contribution in [0.2, 0.25) is 0 Å². The second kappa shape index (κ2) is 5.41. The van der Waals surface area contributed by atoms with E-state index < -0.39 is 0 Å². The van der Waals surface area contributed by atoms with Crippen LogP contribution in [0.4, 0.5) is 5.69 Å². The number of para-hydroxylation sites is 1. The van der Waals surface area contributed by atoms with Gasteiger partial charge in [-0.25, -0.2) is 0 Å². The van der Waals surface area contributed by atoms with Crippen LogP contribution in [0.3, 0.4) is 0 Å². The van der Waals surface area contributed by atoms with Gasteiger partial charge in [0.05, 0.1) is 11.3 Å². The van der Waals surface area contributed by atoms with Crippen molar-refractivity contribution in [3.63, 3.8) is 0 Å². The van der Waals surface area contributed by atoms with Gasteiger partial charge in [0.1, 0.15) is 6.07 Å². The Kier molecular flexibility index (Phi) is 4.17. The molecule has 1 aromatic carbocycles. The monoisotopic (exact) mass is 202 g/mol.